The molecular formula is C25H36O6. The second kappa shape index (κ2) is 8.00. The third-order valence-electron chi connectivity index (χ3n) is 9.50. The molecule has 0 aromatic rings. The Hall–Kier alpha value is -1.72. The molecule has 0 aromatic heterocycles. The van der Waals surface area contributed by atoms with Crippen molar-refractivity contribution < 1.29 is 28.7 Å². The highest BCUT2D eigenvalue weighted by Gasteiger charge is 2.64. The fraction of sp³-hybridized carbons (Fsp3) is 0.840. The summed E-state index contributed by atoms with van der Waals surface area (Å²) < 4.78 is 10.9. The van der Waals surface area contributed by atoms with E-state index in [9.17, 15) is 19.2 Å². The summed E-state index contributed by atoms with van der Waals surface area (Å²) in [4.78, 5) is 49.2. The van der Waals surface area contributed by atoms with Gasteiger partial charge in [-0.25, -0.2) is 0 Å². The molecule has 0 radical (unpaired) electrons. The second-order valence-corrected chi connectivity index (χ2v) is 10.8. The molecule has 0 unspecified atom stereocenters. The van der Waals surface area contributed by atoms with Crippen LogP contribution in [0.5, 0.6) is 0 Å². The lowest BCUT2D eigenvalue weighted by Gasteiger charge is -2.61. The number of Topliss-reactive ketones (excluding diaryl/α,β-unsaturated/α-hetero) is 2. The van der Waals surface area contributed by atoms with Gasteiger partial charge in [-0.3, -0.25) is 19.2 Å². The zero-order valence-electron chi connectivity index (χ0n) is 19.3. The highest BCUT2D eigenvalue weighted by Crippen LogP contribution is 2.67. The van der Waals surface area contributed by atoms with Crippen LogP contribution >= 0.6 is 0 Å². The summed E-state index contributed by atoms with van der Waals surface area (Å²) in [6.07, 6.45) is 5.56. The Morgan fingerprint density at radius 1 is 1.03 bits per heavy atom. The molecule has 172 valence electrons. The van der Waals surface area contributed by atoms with Crippen molar-refractivity contribution in [1.29, 1.82) is 0 Å². The van der Waals surface area contributed by atoms with E-state index in [0.29, 0.717) is 36.9 Å². The molecule has 0 bridgehead atoms. The first-order chi connectivity index (χ1) is 14.6. The molecule has 6 heteroatoms. The number of hydrogen-bond donors (Lipinski definition) is 0. The van der Waals surface area contributed by atoms with Crippen LogP contribution in [0.25, 0.3) is 0 Å². The number of ketones is 2. The number of fused-ring (bicyclic) bond motifs is 5. The van der Waals surface area contributed by atoms with Crippen molar-refractivity contribution in [2.45, 2.75) is 85.2 Å². The van der Waals surface area contributed by atoms with E-state index >= 15 is 0 Å². The molecule has 8 atom stereocenters. The van der Waals surface area contributed by atoms with E-state index in [2.05, 4.69) is 13.8 Å². The average Bonchev–Trinajstić information content (AvgIpc) is 2.96. The van der Waals surface area contributed by atoms with Crippen molar-refractivity contribution in [2.24, 2.45) is 40.4 Å². The number of rotatable bonds is 4. The van der Waals surface area contributed by atoms with Crippen molar-refractivity contribution in [2.75, 3.05) is 6.61 Å². The van der Waals surface area contributed by atoms with Gasteiger partial charge in [0.15, 0.2) is 11.9 Å². The number of ether oxygens (including phenoxy) is 2. The molecule has 0 N–H and O–H groups in total. The SMILES string of the molecule is CC[C@H]1C(=O)C[C@H]2[C@@H]3CC[C@H]4C[C@@H](OC(C)=O)C(=O)C[C@]4(COC(C)=O)[C@H]3CC[C@]12C. The number of hydrogen-bond acceptors (Lipinski definition) is 6. The van der Waals surface area contributed by atoms with Gasteiger partial charge >= 0.3 is 11.9 Å². The Morgan fingerprint density at radius 2 is 1.77 bits per heavy atom. The molecule has 0 heterocycles. The van der Waals surface area contributed by atoms with Gasteiger partial charge in [-0.05, 0) is 67.6 Å². The molecule has 4 fully saturated rings. The summed E-state index contributed by atoms with van der Waals surface area (Å²) in [6, 6.07) is 0. The van der Waals surface area contributed by atoms with Gasteiger partial charge in [-0.1, -0.05) is 13.8 Å². The van der Waals surface area contributed by atoms with E-state index in [4.69, 9.17) is 9.47 Å². The molecule has 0 spiro atoms. The van der Waals surface area contributed by atoms with E-state index in [-0.39, 0.29) is 41.5 Å². The third kappa shape index (κ3) is 3.54. The molecule has 6 nitrogen and oxygen atoms in total. The van der Waals surface area contributed by atoms with E-state index in [1.807, 2.05) is 0 Å². The van der Waals surface area contributed by atoms with Crippen molar-refractivity contribution in [3.05, 3.63) is 0 Å². The van der Waals surface area contributed by atoms with Gasteiger partial charge in [0.05, 0.1) is 6.61 Å². The van der Waals surface area contributed by atoms with Gasteiger partial charge < -0.3 is 9.47 Å². The van der Waals surface area contributed by atoms with E-state index < -0.39 is 17.5 Å². The van der Waals surface area contributed by atoms with Gasteiger partial charge in [-0.2, -0.15) is 0 Å². The summed E-state index contributed by atoms with van der Waals surface area (Å²) >= 11 is 0. The van der Waals surface area contributed by atoms with E-state index in [1.54, 1.807) is 0 Å². The van der Waals surface area contributed by atoms with Crippen molar-refractivity contribution in [3.63, 3.8) is 0 Å². The van der Waals surface area contributed by atoms with Gasteiger partial charge in [0.1, 0.15) is 5.78 Å². The Morgan fingerprint density at radius 3 is 2.42 bits per heavy atom. The van der Waals surface area contributed by atoms with Crippen LogP contribution in [0, 0.1) is 40.4 Å². The summed E-state index contributed by atoms with van der Waals surface area (Å²) in [6.45, 7) is 7.43. The molecule has 4 rings (SSSR count). The minimum atomic E-state index is -0.684. The molecule has 0 saturated heterocycles. The normalized spacial score (nSPS) is 44.1. The van der Waals surface area contributed by atoms with Crippen molar-refractivity contribution in [1.82, 2.24) is 0 Å². The summed E-state index contributed by atoms with van der Waals surface area (Å²) in [5.41, 5.74) is -0.363. The maximum atomic E-state index is 13.1. The summed E-state index contributed by atoms with van der Waals surface area (Å²) in [5.74, 6) is 0.901. The zero-order valence-corrected chi connectivity index (χ0v) is 19.3. The Bertz CT molecular complexity index is 789. The molecule has 4 aliphatic rings. The maximum Gasteiger partial charge on any atom is 0.303 e. The van der Waals surface area contributed by atoms with Crippen molar-refractivity contribution in [3.8, 4) is 0 Å². The summed E-state index contributed by atoms with van der Waals surface area (Å²) in [7, 11) is 0. The number of carbonyl (C=O) groups excluding carboxylic acids is 4. The lowest BCUT2D eigenvalue weighted by molar-refractivity contribution is -0.185. The van der Waals surface area contributed by atoms with Gasteiger partial charge in [-0.15, -0.1) is 0 Å². The summed E-state index contributed by atoms with van der Waals surface area (Å²) in [5, 5.41) is 0. The van der Waals surface area contributed by atoms with Gasteiger partial charge in [0.2, 0.25) is 0 Å². The van der Waals surface area contributed by atoms with Gasteiger partial charge in [0.25, 0.3) is 0 Å². The Kier molecular flexibility index (Phi) is 5.80. The monoisotopic (exact) mass is 432 g/mol. The predicted octanol–water partition coefficient (Wildman–Crippen LogP) is 3.89. The molecule has 0 amide bonds. The first-order valence-electron chi connectivity index (χ1n) is 12.0. The van der Waals surface area contributed by atoms with E-state index in [0.717, 1.165) is 32.1 Å². The first-order valence-corrected chi connectivity index (χ1v) is 12.0. The highest BCUT2D eigenvalue weighted by atomic mass is 16.5. The van der Waals surface area contributed by atoms with Crippen LogP contribution in [0.3, 0.4) is 0 Å². The molecule has 4 saturated carbocycles. The molecule has 0 aromatic carbocycles. The van der Waals surface area contributed by atoms with Crippen molar-refractivity contribution >= 4 is 23.5 Å². The van der Waals surface area contributed by atoms with Crippen LogP contribution in [-0.2, 0) is 28.7 Å². The van der Waals surface area contributed by atoms with Crippen LogP contribution in [0.1, 0.15) is 79.1 Å². The number of carbonyl (C=O) groups is 4. The highest BCUT2D eigenvalue weighted by molar-refractivity contribution is 5.87. The standard InChI is InChI=1S/C25H36O6/c1-5-18-21(28)11-20-17-7-6-16-10-23(31-15(3)27)22(29)12-25(16,13-30-14(2)26)19(17)8-9-24(18,20)4/h16-20,23H,5-13H2,1-4H3/t16-,17+,18-,19-,20-,23+,24+,25+/m0/s1. The van der Waals surface area contributed by atoms with Crippen LogP contribution in [-0.4, -0.2) is 36.2 Å². The Labute approximate surface area is 184 Å². The lowest BCUT2D eigenvalue weighted by atomic mass is 9.44. The van der Waals surface area contributed by atoms with Crippen LogP contribution in [0.15, 0.2) is 0 Å². The minimum absolute atomic E-state index is 0.0431. The largest absolute Gasteiger partial charge is 0.465 e. The van der Waals surface area contributed by atoms with Gasteiger partial charge in [0, 0.05) is 38.0 Å². The van der Waals surface area contributed by atoms with E-state index in [1.165, 1.54) is 13.8 Å². The zero-order chi connectivity index (χ0) is 22.6. The average molecular weight is 433 g/mol. The molecule has 4 aliphatic carbocycles. The fourth-order valence-electron chi connectivity index (χ4n) is 8.26. The number of esters is 2. The predicted molar refractivity (Wildman–Crippen MR) is 113 cm³/mol. The molecule has 31 heavy (non-hydrogen) atoms. The van der Waals surface area contributed by atoms with Crippen LogP contribution in [0.4, 0.5) is 0 Å². The first kappa shape index (κ1) is 22.5. The maximum absolute atomic E-state index is 13.1. The fourth-order valence-corrected chi connectivity index (χ4v) is 8.26. The smallest absolute Gasteiger partial charge is 0.303 e. The third-order valence-corrected chi connectivity index (χ3v) is 9.50. The molecular weight excluding hydrogens is 396 g/mol. The lowest BCUT2D eigenvalue weighted by Crippen LogP contribution is -2.59. The van der Waals surface area contributed by atoms with Crippen LogP contribution in [0.2, 0.25) is 0 Å². The second-order valence-electron chi connectivity index (χ2n) is 10.8. The molecule has 0 aliphatic heterocycles. The topological polar surface area (TPSA) is 86.7 Å². The van der Waals surface area contributed by atoms with Crippen LogP contribution < -0.4 is 0 Å². The quantitative estimate of drug-likeness (QED) is 0.627. The minimum Gasteiger partial charge on any atom is -0.465 e. The Balaban J connectivity index is 1.66.